The second kappa shape index (κ2) is 11.4. The molecule has 3 aromatic rings. The number of methoxy groups -OCH3 is 1. The van der Waals surface area contributed by atoms with Crippen LogP contribution >= 0.6 is 35.0 Å². The second-order valence-electron chi connectivity index (χ2n) is 6.44. The van der Waals surface area contributed by atoms with Crippen LogP contribution in [0.2, 0.25) is 10.0 Å². The number of aromatic nitrogens is 4. The Labute approximate surface area is 190 Å². The summed E-state index contributed by atoms with van der Waals surface area (Å²) in [6.07, 6.45) is 1.01. The molecular weight excluding hydrogens is 445 g/mol. The third kappa shape index (κ3) is 6.25. The van der Waals surface area contributed by atoms with Gasteiger partial charge in [0.1, 0.15) is 6.61 Å². The van der Waals surface area contributed by atoms with Gasteiger partial charge in [0.15, 0.2) is 11.5 Å². The number of aryl methyl sites for hydroxylation is 1. The van der Waals surface area contributed by atoms with Crippen LogP contribution in [0.1, 0.15) is 17.5 Å². The number of hydrogen-bond acceptors (Lipinski definition) is 7. The molecule has 1 aromatic heterocycles. The van der Waals surface area contributed by atoms with E-state index in [4.69, 9.17) is 32.7 Å². The van der Waals surface area contributed by atoms with Gasteiger partial charge in [-0.15, -0.1) is 5.10 Å². The molecule has 7 nitrogen and oxygen atoms in total. The van der Waals surface area contributed by atoms with Crippen molar-refractivity contribution in [3.05, 3.63) is 57.6 Å². The SMILES string of the molecule is COc1cc(CNCCCSc2nnnn2C)ccc1OCc1c(Cl)cccc1Cl. The van der Waals surface area contributed by atoms with Crippen molar-refractivity contribution in [1.29, 1.82) is 0 Å². The third-order valence-electron chi connectivity index (χ3n) is 4.30. The lowest BCUT2D eigenvalue weighted by molar-refractivity contribution is 0.284. The first kappa shape index (κ1) is 22.7. The molecule has 1 N–H and O–H groups in total. The molecule has 0 radical (unpaired) electrons. The van der Waals surface area contributed by atoms with E-state index in [9.17, 15) is 0 Å². The summed E-state index contributed by atoms with van der Waals surface area (Å²) < 4.78 is 13.1. The van der Waals surface area contributed by atoms with Crippen LogP contribution in [-0.2, 0) is 20.2 Å². The smallest absolute Gasteiger partial charge is 0.209 e. The molecule has 0 aliphatic carbocycles. The zero-order valence-corrected chi connectivity index (χ0v) is 19.1. The summed E-state index contributed by atoms with van der Waals surface area (Å²) in [5, 5.41) is 16.8. The molecule has 3 rings (SSSR count). The average Bonchev–Trinajstić information content (AvgIpc) is 3.15. The van der Waals surface area contributed by atoms with Crippen molar-refractivity contribution in [1.82, 2.24) is 25.5 Å². The summed E-state index contributed by atoms with van der Waals surface area (Å²) in [5.74, 6) is 2.26. The topological polar surface area (TPSA) is 74.1 Å². The monoisotopic (exact) mass is 467 g/mol. The highest BCUT2D eigenvalue weighted by atomic mass is 35.5. The number of nitrogens with zero attached hydrogens (tertiary/aromatic N) is 4. The molecule has 30 heavy (non-hydrogen) atoms. The highest BCUT2D eigenvalue weighted by Gasteiger charge is 2.10. The number of benzene rings is 2. The van der Waals surface area contributed by atoms with Crippen LogP contribution in [0.25, 0.3) is 0 Å². The quantitative estimate of drug-likeness (QED) is 0.331. The van der Waals surface area contributed by atoms with E-state index in [1.54, 1.807) is 35.7 Å². The van der Waals surface area contributed by atoms with E-state index in [0.29, 0.717) is 21.5 Å². The van der Waals surface area contributed by atoms with Crippen LogP contribution in [0.5, 0.6) is 11.5 Å². The van der Waals surface area contributed by atoms with Crippen molar-refractivity contribution in [2.24, 2.45) is 7.05 Å². The second-order valence-corrected chi connectivity index (χ2v) is 8.31. The van der Waals surface area contributed by atoms with Crippen LogP contribution in [0, 0.1) is 0 Å². The summed E-state index contributed by atoms with van der Waals surface area (Å²) in [7, 11) is 3.46. The molecule has 0 spiro atoms. The van der Waals surface area contributed by atoms with E-state index >= 15 is 0 Å². The Kier molecular flexibility index (Phi) is 8.62. The van der Waals surface area contributed by atoms with Crippen LogP contribution in [0.3, 0.4) is 0 Å². The van der Waals surface area contributed by atoms with Gasteiger partial charge in [0.05, 0.1) is 7.11 Å². The van der Waals surface area contributed by atoms with Gasteiger partial charge in [-0.1, -0.05) is 47.1 Å². The van der Waals surface area contributed by atoms with Gasteiger partial charge in [-0.25, -0.2) is 4.68 Å². The van der Waals surface area contributed by atoms with Crippen LogP contribution in [0.4, 0.5) is 0 Å². The van der Waals surface area contributed by atoms with E-state index in [1.165, 1.54) is 0 Å². The van der Waals surface area contributed by atoms with Gasteiger partial charge < -0.3 is 14.8 Å². The fraction of sp³-hybridized carbons (Fsp3) is 0.350. The van der Waals surface area contributed by atoms with Crippen LogP contribution < -0.4 is 14.8 Å². The summed E-state index contributed by atoms with van der Waals surface area (Å²) >= 11 is 14.1. The van der Waals surface area contributed by atoms with Gasteiger partial charge in [-0.3, -0.25) is 0 Å². The summed E-state index contributed by atoms with van der Waals surface area (Å²) in [6.45, 7) is 1.90. The number of hydrogen-bond donors (Lipinski definition) is 1. The van der Waals surface area contributed by atoms with Crippen molar-refractivity contribution in [3.8, 4) is 11.5 Å². The van der Waals surface area contributed by atoms with Gasteiger partial charge in [-0.05, 0) is 53.2 Å². The first-order valence-electron chi connectivity index (χ1n) is 9.37. The van der Waals surface area contributed by atoms with Gasteiger partial charge in [0.25, 0.3) is 0 Å². The zero-order chi connectivity index (χ0) is 21.3. The minimum atomic E-state index is 0.269. The Hall–Kier alpha value is -2.00. The Bertz CT molecular complexity index is 950. The molecular formula is C20H23Cl2N5O2S. The third-order valence-corrected chi connectivity index (χ3v) is 6.11. The number of halogens is 2. The molecule has 2 aromatic carbocycles. The van der Waals surface area contributed by atoms with Crippen molar-refractivity contribution in [3.63, 3.8) is 0 Å². The van der Waals surface area contributed by atoms with Crippen LogP contribution in [0.15, 0.2) is 41.6 Å². The molecule has 0 saturated carbocycles. The van der Waals surface area contributed by atoms with E-state index in [-0.39, 0.29) is 6.61 Å². The Balaban J connectivity index is 1.46. The maximum absolute atomic E-state index is 6.21. The molecule has 0 bridgehead atoms. The van der Waals surface area contributed by atoms with Gasteiger partial charge in [0, 0.05) is 35.0 Å². The largest absolute Gasteiger partial charge is 0.493 e. The van der Waals surface area contributed by atoms with E-state index in [1.807, 2.05) is 31.3 Å². The molecule has 10 heteroatoms. The highest BCUT2D eigenvalue weighted by Crippen LogP contribution is 2.31. The molecule has 0 aliphatic heterocycles. The van der Waals surface area contributed by atoms with Crippen molar-refractivity contribution < 1.29 is 9.47 Å². The zero-order valence-electron chi connectivity index (χ0n) is 16.8. The predicted molar refractivity (Wildman–Crippen MR) is 120 cm³/mol. The minimum Gasteiger partial charge on any atom is -0.493 e. The molecule has 0 atom stereocenters. The van der Waals surface area contributed by atoms with Crippen molar-refractivity contribution in [2.45, 2.75) is 24.7 Å². The Morgan fingerprint density at radius 2 is 1.93 bits per heavy atom. The molecule has 0 aliphatic rings. The van der Waals surface area contributed by atoms with E-state index in [0.717, 1.165) is 41.5 Å². The lowest BCUT2D eigenvalue weighted by Crippen LogP contribution is -2.15. The lowest BCUT2D eigenvalue weighted by Gasteiger charge is -2.14. The maximum Gasteiger partial charge on any atom is 0.209 e. The average molecular weight is 468 g/mol. The number of thioether (sulfide) groups is 1. The summed E-state index contributed by atoms with van der Waals surface area (Å²) in [4.78, 5) is 0. The number of rotatable bonds is 11. The first-order chi connectivity index (χ1) is 14.6. The fourth-order valence-corrected chi connectivity index (χ4v) is 3.99. The Morgan fingerprint density at radius 3 is 2.63 bits per heavy atom. The minimum absolute atomic E-state index is 0.269. The summed E-state index contributed by atoms with van der Waals surface area (Å²) in [6, 6.07) is 11.3. The lowest BCUT2D eigenvalue weighted by atomic mass is 10.2. The standard InChI is InChI=1S/C20H23Cl2N5O2S/c1-27-20(24-25-26-27)30-10-4-9-23-12-14-7-8-18(19(11-14)28-2)29-13-15-16(21)5-3-6-17(15)22/h3,5-8,11,23H,4,9-10,12-13H2,1-2H3. The fourth-order valence-electron chi connectivity index (χ4n) is 2.70. The number of tetrazole rings is 1. The molecule has 0 amide bonds. The summed E-state index contributed by atoms with van der Waals surface area (Å²) in [5.41, 5.74) is 1.86. The molecule has 0 fully saturated rings. The molecule has 160 valence electrons. The number of nitrogens with one attached hydrogen (secondary N) is 1. The van der Waals surface area contributed by atoms with Crippen molar-refractivity contribution in [2.75, 3.05) is 19.4 Å². The van der Waals surface area contributed by atoms with Gasteiger partial charge >= 0.3 is 0 Å². The van der Waals surface area contributed by atoms with Crippen LogP contribution in [-0.4, -0.2) is 39.6 Å². The Morgan fingerprint density at radius 1 is 1.13 bits per heavy atom. The first-order valence-corrected chi connectivity index (χ1v) is 11.1. The van der Waals surface area contributed by atoms with Crippen molar-refractivity contribution >= 4 is 35.0 Å². The number of ether oxygens (including phenoxy) is 2. The highest BCUT2D eigenvalue weighted by molar-refractivity contribution is 7.99. The molecule has 0 saturated heterocycles. The van der Waals surface area contributed by atoms with E-state index in [2.05, 4.69) is 20.8 Å². The van der Waals surface area contributed by atoms with Gasteiger partial charge in [0.2, 0.25) is 5.16 Å². The molecule has 0 unspecified atom stereocenters. The van der Waals surface area contributed by atoms with Gasteiger partial charge in [-0.2, -0.15) is 0 Å². The maximum atomic E-state index is 6.21. The molecule has 1 heterocycles. The predicted octanol–water partition coefficient (Wildman–Crippen LogP) is 4.38. The normalized spacial score (nSPS) is 10.9. The van der Waals surface area contributed by atoms with E-state index < -0.39 is 0 Å².